The van der Waals surface area contributed by atoms with Crippen LogP contribution < -0.4 is 4.90 Å². The van der Waals surface area contributed by atoms with Crippen LogP contribution in [0.15, 0.2) is 174 Å². The Kier molecular flexibility index (Phi) is 7.40. The van der Waals surface area contributed by atoms with Gasteiger partial charge in [-0.25, -0.2) is 0 Å². The zero-order valence-corrected chi connectivity index (χ0v) is 30.5. The third kappa shape index (κ3) is 5.30. The second-order valence-corrected chi connectivity index (χ2v) is 16.4. The maximum atomic E-state index is 6.43. The van der Waals surface area contributed by atoms with Crippen LogP contribution in [0.5, 0.6) is 0 Å². The van der Waals surface area contributed by atoms with E-state index in [-0.39, 0.29) is 0 Å². The molecular formula is C52H43NO. The minimum atomic E-state index is 0.371. The van der Waals surface area contributed by atoms with Gasteiger partial charge in [0.15, 0.2) is 0 Å². The molecule has 0 unspecified atom stereocenters. The Bertz CT molecular complexity index is 2520. The molecule has 0 N–H and O–H groups in total. The van der Waals surface area contributed by atoms with E-state index in [1.165, 1.54) is 77.6 Å². The maximum Gasteiger partial charge on any atom is 0.137 e. The standard InChI is InChI=1S/C52H43NO/c1-3-10-38(11-4-1)45-15-9-16-46(39-12-5-2-6-13-39)51(45)40-18-22-42(23-19-40)53(44-26-27-48-47-14-7-8-17-49(47)54-50(48)31-44)43-24-20-41(21-25-43)52-32-35-28-36(33-52)30-37(29-35)34-52/h1-27,31,35-37H,28-30,32-34H2. The fourth-order valence-electron chi connectivity index (χ4n) is 11.1. The molecule has 2 nitrogen and oxygen atoms in total. The predicted octanol–water partition coefficient (Wildman–Crippen LogP) is 14.5. The summed E-state index contributed by atoms with van der Waals surface area (Å²) in [7, 11) is 0. The fourth-order valence-corrected chi connectivity index (χ4v) is 11.1. The maximum absolute atomic E-state index is 6.43. The van der Waals surface area contributed by atoms with Crippen molar-refractivity contribution in [3.8, 4) is 33.4 Å². The quantitative estimate of drug-likeness (QED) is 0.165. The highest BCUT2D eigenvalue weighted by atomic mass is 16.3. The largest absolute Gasteiger partial charge is 0.456 e. The van der Waals surface area contributed by atoms with Crippen molar-refractivity contribution in [2.45, 2.75) is 43.9 Å². The number of nitrogens with zero attached hydrogens (tertiary/aromatic N) is 1. The van der Waals surface area contributed by atoms with Gasteiger partial charge in [0, 0.05) is 33.9 Å². The molecule has 0 amide bonds. The Morgan fingerprint density at radius 1 is 0.426 bits per heavy atom. The summed E-state index contributed by atoms with van der Waals surface area (Å²) in [6, 6.07) is 62.2. The molecule has 0 spiro atoms. The van der Waals surface area contributed by atoms with Crippen molar-refractivity contribution in [2.24, 2.45) is 17.8 Å². The average molecular weight is 698 g/mol. The lowest BCUT2D eigenvalue weighted by Gasteiger charge is -2.57. The van der Waals surface area contributed by atoms with Gasteiger partial charge in [0.1, 0.15) is 11.2 Å². The second kappa shape index (κ2) is 12.6. The summed E-state index contributed by atoms with van der Waals surface area (Å²) in [5.74, 6) is 2.78. The van der Waals surface area contributed by atoms with Crippen LogP contribution in [0.1, 0.15) is 44.1 Å². The van der Waals surface area contributed by atoms with Crippen LogP contribution in [-0.2, 0) is 5.41 Å². The minimum absolute atomic E-state index is 0.371. The number of benzene rings is 7. The molecule has 1 heterocycles. The lowest BCUT2D eigenvalue weighted by molar-refractivity contribution is -0.00518. The van der Waals surface area contributed by atoms with E-state index >= 15 is 0 Å². The first-order chi connectivity index (χ1) is 26.7. The third-order valence-corrected chi connectivity index (χ3v) is 13.0. The molecular weight excluding hydrogens is 655 g/mol. The van der Waals surface area contributed by atoms with Gasteiger partial charge in [-0.3, -0.25) is 0 Å². The van der Waals surface area contributed by atoms with E-state index in [2.05, 4.69) is 169 Å². The molecule has 0 aliphatic heterocycles. The van der Waals surface area contributed by atoms with Gasteiger partial charge in [-0.1, -0.05) is 121 Å². The second-order valence-electron chi connectivity index (χ2n) is 16.4. The monoisotopic (exact) mass is 697 g/mol. The van der Waals surface area contributed by atoms with E-state index in [0.29, 0.717) is 5.41 Å². The van der Waals surface area contributed by atoms with Gasteiger partial charge < -0.3 is 9.32 Å². The highest BCUT2D eigenvalue weighted by molar-refractivity contribution is 6.06. The van der Waals surface area contributed by atoms with Gasteiger partial charge in [-0.15, -0.1) is 0 Å². The van der Waals surface area contributed by atoms with Crippen molar-refractivity contribution in [3.63, 3.8) is 0 Å². The van der Waals surface area contributed by atoms with Crippen molar-refractivity contribution in [2.75, 3.05) is 4.90 Å². The number of anilines is 3. The van der Waals surface area contributed by atoms with Gasteiger partial charge in [-0.2, -0.15) is 0 Å². The van der Waals surface area contributed by atoms with Gasteiger partial charge >= 0.3 is 0 Å². The molecule has 4 fully saturated rings. The van der Waals surface area contributed by atoms with Crippen molar-refractivity contribution in [3.05, 3.63) is 175 Å². The number of rotatable bonds is 7. The normalized spacial score (nSPS) is 21.5. The summed E-state index contributed by atoms with van der Waals surface area (Å²) < 4.78 is 6.43. The van der Waals surface area contributed by atoms with Crippen molar-refractivity contribution < 1.29 is 4.42 Å². The lowest BCUT2D eigenvalue weighted by atomic mass is 9.48. The molecule has 54 heavy (non-hydrogen) atoms. The van der Waals surface area contributed by atoms with Gasteiger partial charge in [0.25, 0.3) is 0 Å². The summed E-state index contributed by atoms with van der Waals surface area (Å²) in [6.45, 7) is 0. The molecule has 4 aliphatic carbocycles. The first-order valence-electron chi connectivity index (χ1n) is 19.8. The Morgan fingerprint density at radius 3 is 1.56 bits per heavy atom. The van der Waals surface area contributed by atoms with E-state index in [0.717, 1.165) is 51.1 Å². The van der Waals surface area contributed by atoms with E-state index in [1.54, 1.807) is 5.56 Å². The molecule has 0 saturated heterocycles. The molecule has 4 bridgehead atoms. The summed E-state index contributed by atoms with van der Waals surface area (Å²) in [4.78, 5) is 2.40. The van der Waals surface area contributed by atoms with Crippen LogP contribution in [0.4, 0.5) is 17.1 Å². The molecule has 4 saturated carbocycles. The number of hydrogen-bond acceptors (Lipinski definition) is 2. The van der Waals surface area contributed by atoms with Crippen molar-refractivity contribution in [1.82, 2.24) is 0 Å². The molecule has 8 aromatic rings. The summed E-state index contributed by atoms with van der Waals surface area (Å²) >= 11 is 0. The first-order valence-corrected chi connectivity index (χ1v) is 19.8. The molecule has 0 atom stereocenters. The number of para-hydroxylation sites is 1. The van der Waals surface area contributed by atoms with E-state index < -0.39 is 0 Å². The lowest BCUT2D eigenvalue weighted by Crippen LogP contribution is -2.48. The molecule has 1 aromatic heterocycles. The van der Waals surface area contributed by atoms with Crippen LogP contribution in [0.25, 0.3) is 55.3 Å². The van der Waals surface area contributed by atoms with E-state index in [9.17, 15) is 0 Å². The Hall–Kier alpha value is -5.86. The number of fused-ring (bicyclic) bond motifs is 3. The highest BCUT2D eigenvalue weighted by Gasteiger charge is 2.51. The van der Waals surface area contributed by atoms with E-state index in [1.807, 2.05) is 6.07 Å². The number of furan rings is 1. The van der Waals surface area contributed by atoms with Crippen LogP contribution in [-0.4, -0.2) is 0 Å². The fraction of sp³-hybridized carbons (Fsp3) is 0.192. The van der Waals surface area contributed by atoms with Crippen LogP contribution in [0, 0.1) is 17.8 Å². The highest BCUT2D eigenvalue weighted by Crippen LogP contribution is 2.61. The van der Waals surface area contributed by atoms with Crippen molar-refractivity contribution in [1.29, 1.82) is 0 Å². The Balaban J connectivity index is 1.03. The topological polar surface area (TPSA) is 16.4 Å². The Morgan fingerprint density at radius 2 is 0.944 bits per heavy atom. The zero-order chi connectivity index (χ0) is 35.6. The summed E-state index contributed by atoms with van der Waals surface area (Å²) in [6.07, 6.45) is 8.53. The van der Waals surface area contributed by atoms with Crippen LogP contribution in [0.2, 0.25) is 0 Å². The van der Waals surface area contributed by atoms with Gasteiger partial charge in [0.05, 0.1) is 0 Å². The molecule has 262 valence electrons. The zero-order valence-electron chi connectivity index (χ0n) is 30.5. The Labute approximate surface area is 317 Å². The third-order valence-electron chi connectivity index (χ3n) is 13.0. The van der Waals surface area contributed by atoms with Gasteiger partial charge in [-0.05, 0) is 143 Å². The van der Waals surface area contributed by atoms with Crippen LogP contribution in [0.3, 0.4) is 0 Å². The SMILES string of the molecule is c1ccc(-c2cccc(-c3ccccc3)c2-c2ccc(N(c3ccc(C45CC6CC(CC(C6)C4)C5)cc3)c3ccc4c(c3)oc3ccccc34)cc2)cc1. The van der Waals surface area contributed by atoms with Crippen LogP contribution >= 0.6 is 0 Å². The molecule has 12 rings (SSSR count). The first kappa shape index (κ1) is 31.6. The predicted molar refractivity (Wildman–Crippen MR) is 225 cm³/mol. The summed E-state index contributed by atoms with van der Waals surface area (Å²) in [5, 5.41) is 2.30. The molecule has 7 aromatic carbocycles. The molecule has 2 heteroatoms. The molecule has 0 radical (unpaired) electrons. The summed E-state index contributed by atoms with van der Waals surface area (Å²) in [5.41, 5.74) is 14.5. The van der Waals surface area contributed by atoms with Gasteiger partial charge in [0.2, 0.25) is 0 Å². The van der Waals surface area contributed by atoms with E-state index in [4.69, 9.17) is 4.42 Å². The smallest absolute Gasteiger partial charge is 0.137 e. The van der Waals surface area contributed by atoms with Crippen molar-refractivity contribution >= 4 is 39.0 Å². The number of hydrogen-bond donors (Lipinski definition) is 0. The minimum Gasteiger partial charge on any atom is -0.456 e. The average Bonchev–Trinajstić information content (AvgIpc) is 3.59. The molecule has 4 aliphatic rings.